The summed E-state index contributed by atoms with van der Waals surface area (Å²) in [6.07, 6.45) is 0. The first-order chi connectivity index (χ1) is 13.6. The van der Waals surface area contributed by atoms with E-state index in [0.29, 0.717) is 23.0 Å². The maximum Gasteiger partial charge on any atom is 0.234 e. The number of anilines is 1. The molecule has 0 unspecified atom stereocenters. The molecular formula is C20H19BrN2O3S2. The summed E-state index contributed by atoms with van der Waals surface area (Å²) >= 11 is 6.49. The van der Waals surface area contributed by atoms with E-state index in [1.807, 2.05) is 47.8 Å². The zero-order valence-corrected chi connectivity index (χ0v) is 18.6. The van der Waals surface area contributed by atoms with Crippen LogP contribution >= 0.6 is 39.0 Å². The zero-order valence-electron chi connectivity index (χ0n) is 15.4. The Kier molecular flexibility index (Phi) is 7.36. The van der Waals surface area contributed by atoms with Gasteiger partial charge in [0.25, 0.3) is 0 Å². The second kappa shape index (κ2) is 9.95. The standard InChI is InChI=1S/C20H19BrN2O3S2/c1-25-17-8-3-13(9-18(17)26-2)20-23-16(11-28-20)10-27-12-19(24)22-15-6-4-14(21)5-7-15/h3-9,11H,10,12H2,1-2H3,(H,22,24). The van der Waals surface area contributed by atoms with E-state index in [2.05, 4.69) is 26.2 Å². The number of ether oxygens (including phenoxy) is 2. The van der Waals surface area contributed by atoms with Gasteiger partial charge >= 0.3 is 0 Å². The van der Waals surface area contributed by atoms with Gasteiger partial charge < -0.3 is 14.8 Å². The molecule has 5 nitrogen and oxygen atoms in total. The molecule has 1 aromatic heterocycles. The molecule has 3 rings (SSSR count). The van der Waals surface area contributed by atoms with Crippen molar-refractivity contribution >= 4 is 50.6 Å². The highest BCUT2D eigenvalue weighted by Crippen LogP contribution is 2.33. The summed E-state index contributed by atoms with van der Waals surface area (Å²) in [5.41, 5.74) is 2.72. The van der Waals surface area contributed by atoms with E-state index in [1.54, 1.807) is 25.6 Å². The number of thiazole rings is 1. The van der Waals surface area contributed by atoms with Gasteiger partial charge in [0.1, 0.15) is 5.01 Å². The van der Waals surface area contributed by atoms with Crippen LogP contribution < -0.4 is 14.8 Å². The molecule has 1 N–H and O–H groups in total. The van der Waals surface area contributed by atoms with Crippen molar-refractivity contribution in [3.63, 3.8) is 0 Å². The lowest BCUT2D eigenvalue weighted by Gasteiger charge is -2.08. The summed E-state index contributed by atoms with van der Waals surface area (Å²) in [4.78, 5) is 16.7. The predicted molar refractivity (Wildman–Crippen MR) is 120 cm³/mol. The van der Waals surface area contributed by atoms with Crippen LogP contribution in [-0.2, 0) is 10.5 Å². The normalized spacial score (nSPS) is 10.5. The molecule has 0 saturated carbocycles. The van der Waals surface area contributed by atoms with Crippen LogP contribution in [0.15, 0.2) is 52.3 Å². The van der Waals surface area contributed by atoms with Gasteiger partial charge in [-0.25, -0.2) is 4.98 Å². The van der Waals surface area contributed by atoms with E-state index in [9.17, 15) is 4.79 Å². The molecular weight excluding hydrogens is 460 g/mol. The third kappa shape index (κ3) is 5.50. The Hall–Kier alpha value is -2.03. The van der Waals surface area contributed by atoms with E-state index >= 15 is 0 Å². The number of carbonyl (C=O) groups is 1. The Morgan fingerprint density at radius 1 is 1.14 bits per heavy atom. The van der Waals surface area contributed by atoms with E-state index in [-0.39, 0.29) is 5.91 Å². The molecule has 0 aliphatic carbocycles. The van der Waals surface area contributed by atoms with Crippen molar-refractivity contribution in [3.05, 3.63) is 58.0 Å². The highest BCUT2D eigenvalue weighted by Gasteiger charge is 2.10. The van der Waals surface area contributed by atoms with Gasteiger partial charge in [0.05, 0.1) is 25.7 Å². The smallest absolute Gasteiger partial charge is 0.234 e. The molecule has 8 heteroatoms. The molecule has 0 spiro atoms. The summed E-state index contributed by atoms with van der Waals surface area (Å²) in [7, 11) is 3.23. The molecule has 0 aliphatic rings. The fourth-order valence-corrected chi connectivity index (χ4v) is 4.36. The third-order valence-electron chi connectivity index (χ3n) is 3.79. The quantitative estimate of drug-likeness (QED) is 0.465. The molecule has 0 bridgehead atoms. The number of thioether (sulfide) groups is 1. The molecule has 0 saturated heterocycles. The number of amides is 1. The summed E-state index contributed by atoms with van der Waals surface area (Å²) in [5, 5.41) is 5.82. The molecule has 0 atom stereocenters. The van der Waals surface area contributed by atoms with Crippen LogP contribution in [0.1, 0.15) is 5.69 Å². The van der Waals surface area contributed by atoms with Crippen molar-refractivity contribution in [1.29, 1.82) is 0 Å². The molecule has 3 aromatic rings. The number of halogens is 1. The molecule has 0 radical (unpaired) electrons. The molecule has 2 aromatic carbocycles. The molecule has 0 aliphatic heterocycles. The number of hydrogen-bond donors (Lipinski definition) is 1. The van der Waals surface area contributed by atoms with Gasteiger partial charge in [-0.05, 0) is 42.5 Å². The number of nitrogens with zero attached hydrogens (tertiary/aromatic N) is 1. The minimum Gasteiger partial charge on any atom is -0.493 e. The molecule has 0 fully saturated rings. The Morgan fingerprint density at radius 2 is 1.89 bits per heavy atom. The third-order valence-corrected chi connectivity index (χ3v) is 6.23. The van der Waals surface area contributed by atoms with Crippen LogP contribution in [0.5, 0.6) is 11.5 Å². The van der Waals surface area contributed by atoms with Crippen LogP contribution in [0.4, 0.5) is 5.69 Å². The van der Waals surface area contributed by atoms with Crippen LogP contribution in [0, 0.1) is 0 Å². The average molecular weight is 479 g/mol. The van der Waals surface area contributed by atoms with E-state index in [4.69, 9.17) is 9.47 Å². The summed E-state index contributed by atoms with van der Waals surface area (Å²) in [6, 6.07) is 13.3. The highest BCUT2D eigenvalue weighted by atomic mass is 79.9. The molecule has 28 heavy (non-hydrogen) atoms. The minimum absolute atomic E-state index is 0.0253. The first kappa shape index (κ1) is 20.7. The van der Waals surface area contributed by atoms with Gasteiger partial charge in [-0.1, -0.05) is 15.9 Å². The highest BCUT2D eigenvalue weighted by molar-refractivity contribution is 9.10. The Labute approximate surface area is 180 Å². The van der Waals surface area contributed by atoms with E-state index in [1.165, 1.54) is 11.8 Å². The van der Waals surface area contributed by atoms with Gasteiger partial charge in [0.15, 0.2) is 11.5 Å². The molecule has 1 amide bonds. The second-order valence-corrected chi connectivity index (χ2v) is 8.52. The average Bonchev–Trinajstić information content (AvgIpc) is 3.18. The maximum atomic E-state index is 12.1. The molecule has 1 heterocycles. The van der Waals surface area contributed by atoms with Crippen LogP contribution in [0.2, 0.25) is 0 Å². The number of benzene rings is 2. The first-order valence-corrected chi connectivity index (χ1v) is 11.2. The van der Waals surface area contributed by atoms with Gasteiger partial charge in [-0.15, -0.1) is 23.1 Å². The van der Waals surface area contributed by atoms with Gasteiger partial charge in [-0.3, -0.25) is 4.79 Å². The lowest BCUT2D eigenvalue weighted by atomic mass is 10.2. The number of aromatic nitrogens is 1. The van der Waals surface area contributed by atoms with Crippen LogP contribution in [0.25, 0.3) is 10.6 Å². The van der Waals surface area contributed by atoms with Crippen LogP contribution in [-0.4, -0.2) is 30.9 Å². The fourth-order valence-electron chi connectivity index (χ4n) is 2.45. The fraction of sp³-hybridized carbons (Fsp3) is 0.200. The van der Waals surface area contributed by atoms with E-state index < -0.39 is 0 Å². The van der Waals surface area contributed by atoms with Gasteiger partial charge in [-0.2, -0.15) is 0 Å². The van der Waals surface area contributed by atoms with Crippen molar-refractivity contribution in [2.75, 3.05) is 25.3 Å². The maximum absolute atomic E-state index is 12.1. The van der Waals surface area contributed by atoms with Crippen molar-refractivity contribution in [3.8, 4) is 22.1 Å². The van der Waals surface area contributed by atoms with Gasteiger partial charge in [0.2, 0.25) is 5.91 Å². The van der Waals surface area contributed by atoms with Gasteiger partial charge in [0, 0.05) is 26.9 Å². The first-order valence-electron chi connectivity index (χ1n) is 8.39. The largest absolute Gasteiger partial charge is 0.493 e. The number of rotatable bonds is 8. The molecule has 146 valence electrons. The number of methoxy groups -OCH3 is 2. The summed E-state index contributed by atoms with van der Waals surface area (Å²) in [5.74, 6) is 2.39. The van der Waals surface area contributed by atoms with Crippen molar-refractivity contribution in [2.45, 2.75) is 5.75 Å². The summed E-state index contributed by atoms with van der Waals surface area (Å²) < 4.78 is 11.6. The lowest BCUT2D eigenvalue weighted by molar-refractivity contribution is -0.113. The number of carbonyl (C=O) groups excluding carboxylic acids is 1. The number of nitrogens with one attached hydrogen (secondary N) is 1. The second-order valence-electron chi connectivity index (χ2n) is 5.76. The Balaban J connectivity index is 1.53. The van der Waals surface area contributed by atoms with Crippen molar-refractivity contribution < 1.29 is 14.3 Å². The topological polar surface area (TPSA) is 60.5 Å². The summed E-state index contributed by atoms with van der Waals surface area (Å²) in [6.45, 7) is 0. The monoisotopic (exact) mass is 478 g/mol. The van der Waals surface area contributed by atoms with Crippen molar-refractivity contribution in [2.24, 2.45) is 0 Å². The Bertz CT molecular complexity index is 945. The minimum atomic E-state index is -0.0253. The predicted octanol–water partition coefficient (Wildman–Crippen LogP) is 5.46. The van der Waals surface area contributed by atoms with E-state index in [0.717, 1.165) is 26.4 Å². The van der Waals surface area contributed by atoms with Crippen molar-refractivity contribution in [1.82, 2.24) is 4.98 Å². The Morgan fingerprint density at radius 3 is 2.61 bits per heavy atom. The number of hydrogen-bond acceptors (Lipinski definition) is 6. The zero-order chi connectivity index (χ0) is 19.9. The lowest BCUT2D eigenvalue weighted by Crippen LogP contribution is -2.14. The van der Waals surface area contributed by atoms with Crippen LogP contribution in [0.3, 0.4) is 0 Å². The SMILES string of the molecule is COc1ccc(-c2nc(CSCC(=O)Nc3ccc(Br)cc3)cs2)cc1OC.